The highest BCUT2D eigenvalue weighted by Crippen LogP contribution is 2.51. The number of hydrogen-bond donors (Lipinski definition) is 2. The molecule has 3 aromatic rings. The van der Waals surface area contributed by atoms with Crippen LogP contribution >= 0.6 is 0 Å². The molecule has 4 rings (SSSR count). The summed E-state index contributed by atoms with van der Waals surface area (Å²) in [6.07, 6.45) is 9.37. The Labute approximate surface area is 228 Å². The van der Waals surface area contributed by atoms with Crippen LogP contribution < -0.4 is 11.1 Å². The third kappa shape index (κ3) is 6.38. The summed E-state index contributed by atoms with van der Waals surface area (Å²) in [6.45, 7) is 13.0. The molecule has 0 amide bonds. The largest absolute Gasteiger partial charge is 0.404 e. The molecule has 0 bridgehead atoms. The van der Waals surface area contributed by atoms with E-state index in [-0.39, 0.29) is 5.41 Å². The Morgan fingerprint density at radius 1 is 1.05 bits per heavy atom. The van der Waals surface area contributed by atoms with E-state index in [2.05, 4.69) is 93.3 Å². The summed E-state index contributed by atoms with van der Waals surface area (Å²) in [4.78, 5) is 9.78. The fourth-order valence-electron chi connectivity index (χ4n) is 5.31. The van der Waals surface area contributed by atoms with Crippen LogP contribution in [-0.2, 0) is 6.42 Å². The molecule has 0 radical (unpaired) electrons. The normalized spacial score (nSPS) is 19.5. The number of aliphatic imine (C=N–C) groups is 1. The molecular formula is C34H40N4. The van der Waals surface area contributed by atoms with Crippen molar-refractivity contribution < 1.29 is 0 Å². The van der Waals surface area contributed by atoms with Gasteiger partial charge in [-0.15, -0.1) is 0 Å². The van der Waals surface area contributed by atoms with Crippen molar-refractivity contribution >= 4 is 17.0 Å². The molecule has 1 heterocycles. The maximum atomic E-state index is 6.30. The van der Waals surface area contributed by atoms with Gasteiger partial charge in [0.25, 0.3) is 0 Å². The van der Waals surface area contributed by atoms with Crippen molar-refractivity contribution in [2.24, 2.45) is 16.1 Å². The molecule has 1 aromatic heterocycles. The molecule has 38 heavy (non-hydrogen) atoms. The number of nitrogens with two attached hydrogens (primary N) is 1. The summed E-state index contributed by atoms with van der Waals surface area (Å²) in [5.41, 5.74) is 15.8. The first-order valence-corrected chi connectivity index (χ1v) is 13.6. The highest BCUT2D eigenvalue weighted by molar-refractivity contribution is 6.11. The fourth-order valence-corrected chi connectivity index (χ4v) is 5.31. The van der Waals surface area contributed by atoms with Crippen LogP contribution in [0, 0.1) is 19.3 Å². The Morgan fingerprint density at radius 3 is 2.55 bits per heavy atom. The average molecular weight is 505 g/mol. The van der Waals surface area contributed by atoms with Crippen molar-refractivity contribution in [3.05, 3.63) is 125 Å². The zero-order valence-electron chi connectivity index (χ0n) is 23.0. The van der Waals surface area contributed by atoms with E-state index in [4.69, 9.17) is 15.7 Å². The average Bonchev–Trinajstić information content (AvgIpc) is 2.93. The minimum Gasteiger partial charge on any atom is -0.404 e. The second-order valence-corrected chi connectivity index (χ2v) is 10.3. The lowest BCUT2D eigenvalue weighted by Crippen LogP contribution is -2.35. The number of aryl methyl sites for hydroxylation is 2. The number of rotatable bonds is 10. The lowest BCUT2D eigenvalue weighted by atomic mass is 9.61. The molecule has 1 unspecified atom stereocenters. The SMILES string of the molecule is C=C(c1ccccn1)C1(Cc2cccc(C)c2)CC(=CN)C(=Nc2ccc(C)cc2)C=C1CCNCCC. The van der Waals surface area contributed by atoms with Gasteiger partial charge >= 0.3 is 0 Å². The Kier molecular flexibility index (Phi) is 9.09. The first kappa shape index (κ1) is 27.3. The third-order valence-corrected chi connectivity index (χ3v) is 7.37. The van der Waals surface area contributed by atoms with Gasteiger partial charge in [-0.05, 0) is 106 Å². The molecule has 0 spiro atoms. The number of hydrogen-bond acceptors (Lipinski definition) is 4. The summed E-state index contributed by atoms with van der Waals surface area (Å²) in [7, 11) is 0. The number of pyridine rings is 1. The zero-order chi connectivity index (χ0) is 27.0. The fraction of sp³-hybridized carbons (Fsp3) is 0.294. The molecule has 1 aliphatic rings. The van der Waals surface area contributed by atoms with Gasteiger partial charge in [-0.2, -0.15) is 0 Å². The summed E-state index contributed by atoms with van der Waals surface area (Å²) in [5, 5.41) is 3.60. The number of nitrogens with zero attached hydrogens (tertiary/aromatic N) is 2. The maximum absolute atomic E-state index is 6.30. The monoisotopic (exact) mass is 504 g/mol. The zero-order valence-corrected chi connectivity index (χ0v) is 23.0. The predicted molar refractivity (Wildman–Crippen MR) is 162 cm³/mol. The molecule has 0 saturated heterocycles. The highest BCUT2D eigenvalue weighted by Gasteiger charge is 2.42. The van der Waals surface area contributed by atoms with Gasteiger partial charge in [-0.3, -0.25) is 4.98 Å². The molecule has 0 saturated carbocycles. The number of allylic oxidation sites excluding steroid dienone is 3. The van der Waals surface area contributed by atoms with E-state index in [1.807, 2.05) is 18.3 Å². The summed E-state index contributed by atoms with van der Waals surface area (Å²) >= 11 is 0. The smallest absolute Gasteiger partial charge is 0.0683 e. The standard InChI is InChI=1S/C34H40N4/c1-5-17-36-19-16-30-21-33(38-31-14-12-25(2)13-15-31)29(24-35)23-34(30,22-28-10-8-9-26(3)20-28)27(4)32-11-6-7-18-37-32/h6-15,18,20-21,24,36H,4-5,16-17,19,22-23,35H2,1-3H3. The maximum Gasteiger partial charge on any atom is 0.0683 e. The minimum absolute atomic E-state index is 0.368. The van der Waals surface area contributed by atoms with E-state index in [1.54, 1.807) is 6.20 Å². The summed E-state index contributed by atoms with van der Waals surface area (Å²) in [5.74, 6) is 0. The van der Waals surface area contributed by atoms with E-state index in [0.717, 1.165) is 67.0 Å². The van der Waals surface area contributed by atoms with Crippen LogP contribution in [0.3, 0.4) is 0 Å². The lowest BCUT2D eigenvalue weighted by Gasteiger charge is -2.42. The first-order valence-electron chi connectivity index (χ1n) is 13.6. The molecule has 1 atom stereocenters. The molecule has 196 valence electrons. The molecule has 1 aliphatic carbocycles. The number of nitrogens with one attached hydrogen (secondary N) is 1. The van der Waals surface area contributed by atoms with Crippen LogP contribution in [0.4, 0.5) is 5.69 Å². The number of aromatic nitrogens is 1. The van der Waals surface area contributed by atoms with Gasteiger partial charge in [0.05, 0.1) is 17.1 Å². The van der Waals surface area contributed by atoms with Crippen molar-refractivity contribution in [2.75, 3.05) is 13.1 Å². The van der Waals surface area contributed by atoms with Crippen LogP contribution in [-0.4, -0.2) is 23.8 Å². The van der Waals surface area contributed by atoms with Gasteiger partial charge in [0.1, 0.15) is 0 Å². The van der Waals surface area contributed by atoms with E-state index >= 15 is 0 Å². The lowest BCUT2D eigenvalue weighted by molar-refractivity contribution is 0.448. The van der Waals surface area contributed by atoms with Gasteiger partial charge in [0.15, 0.2) is 0 Å². The van der Waals surface area contributed by atoms with Crippen molar-refractivity contribution in [1.29, 1.82) is 0 Å². The topological polar surface area (TPSA) is 63.3 Å². The molecule has 4 nitrogen and oxygen atoms in total. The highest BCUT2D eigenvalue weighted by atomic mass is 14.8. The molecule has 3 N–H and O–H groups in total. The van der Waals surface area contributed by atoms with Crippen LogP contribution in [0.2, 0.25) is 0 Å². The van der Waals surface area contributed by atoms with Crippen molar-refractivity contribution in [2.45, 2.75) is 46.5 Å². The Balaban J connectivity index is 1.87. The molecular weight excluding hydrogens is 464 g/mol. The quantitative estimate of drug-likeness (QED) is 0.285. The van der Waals surface area contributed by atoms with Crippen molar-refractivity contribution in [3.63, 3.8) is 0 Å². The van der Waals surface area contributed by atoms with Gasteiger partial charge < -0.3 is 11.1 Å². The first-order chi connectivity index (χ1) is 18.4. The van der Waals surface area contributed by atoms with Crippen LogP contribution in [0.15, 0.2) is 108 Å². The van der Waals surface area contributed by atoms with Crippen molar-refractivity contribution in [3.8, 4) is 0 Å². The van der Waals surface area contributed by atoms with Gasteiger partial charge in [-0.25, -0.2) is 4.99 Å². The van der Waals surface area contributed by atoms with Crippen LogP contribution in [0.25, 0.3) is 5.57 Å². The van der Waals surface area contributed by atoms with Gasteiger partial charge in [0.2, 0.25) is 0 Å². The van der Waals surface area contributed by atoms with E-state index in [9.17, 15) is 0 Å². The Morgan fingerprint density at radius 2 is 1.87 bits per heavy atom. The third-order valence-electron chi connectivity index (χ3n) is 7.37. The van der Waals surface area contributed by atoms with E-state index in [1.165, 1.54) is 22.3 Å². The van der Waals surface area contributed by atoms with E-state index in [0.29, 0.717) is 0 Å². The summed E-state index contributed by atoms with van der Waals surface area (Å²) < 4.78 is 0. The van der Waals surface area contributed by atoms with Gasteiger partial charge in [-0.1, -0.05) is 72.7 Å². The molecule has 2 aromatic carbocycles. The number of benzene rings is 2. The van der Waals surface area contributed by atoms with Crippen LogP contribution in [0.5, 0.6) is 0 Å². The summed E-state index contributed by atoms with van der Waals surface area (Å²) in [6, 6.07) is 23.2. The Hall–Kier alpha value is -3.76. The second kappa shape index (κ2) is 12.7. The Bertz CT molecular complexity index is 1330. The molecule has 0 fully saturated rings. The van der Waals surface area contributed by atoms with Crippen molar-refractivity contribution in [1.82, 2.24) is 10.3 Å². The predicted octanol–water partition coefficient (Wildman–Crippen LogP) is 7.28. The second-order valence-electron chi connectivity index (χ2n) is 10.3. The van der Waals surface area contributed by atoms with Gasteiger partial charge in [0, 0.05) is 11.6 Å². The molecule has 4 heteroatoms. The minimum atomic E-state index is -0.368. The van der Waals surface area contributed by atoms with Crippen LogP contribution in [0.1, 0.15) is 48.6 Å². The van der Waals surface area contributed by atoms with E-state index < -0.39 is 0 Å². The molecule has 0 aliphatic heterocycles.